The van der Waals surface area contributed by atoms with Crippen LogP contribution < -0.4 is 5.32 Å². The average molecular weight is 246 g/mol. The molecular weight excluding hydrogens is 220 g/mol. The molecule has 0 aliphatic carbocycles. The topological polar surface area (TPSA) is 15.3 Å². The van der Waals surface area contributed by atoms with Gasteiger partial charge >= 0.3 is 0 Å². The Labute approximate surface area is 111 Å². The third-order valence-electron chi connectivity index (χ3n) is 4.28. The van der Waals surface area contributed by atoms with Gasteiger partial charge in [0.25, 0.3) is 0 Å². The van der Waals surface area contributed by atoms with Crippen molar-refractivity contribution in [2.45, 2.75) is 39.3 Å². The minimum Gasteiger partial charge on any atom is -0.317 e. The van der Waals surface area contributed by atoms with E-state index < -0.39 is 0 Å². The van der Waals surface area contributed by atoms with Crippen LogP contribution in [0.5, 0.6) is 0 Å². The number of hydrogen-bond donors (Lipinski definition) is 1. The van der Waals surface area contributed by atoms with Gasteiger partial charge in [-0.15, -0.1) is 0 Å². The Morgan fingerprint density at radius 3 is 2.50 bits per heavy atom. The van der Waals surface area contributed by atoms with E-state index in [1.54, 1.807) is 0 Å². The predicted molar refractivity (Wildman–Crippen MR) is 77.6 cm³/mol. The molecule has 1 aromatic rings. The second-order valence-corrected chi connectivity index (χ2v) is 5.38. The molecule has 100 valence electrons. The summed E-state index contributed by atoms with van der Waals surface area (Å²) in [5.41, 5.74) is 1.43. The highest BCUT2D eigenvalue weighted by atomic mass is 15.1. The number of rotatable bonds is 5. The first-order valence-electron chi connectivity index (χ1n) is 7.30. The Morgan fingerprint density at radius 2 is 1.89 bits per heavy atom. The van der Waals surface area contributed by atoms with Crippen LogP contribution in [-0.4, -0.2) is 30.6 Å². The highest BCUT2D eigenvalue weighted by Gasteiger charge is 2.24. The van der Waals surface area contributed by atoms with Crippen LogP contribution >= 0.6 is 0 Å². The molecule has 0 amide bonds. The van der Waals surface area contributed by atoms with E-state index in [4.69, 9.17) is 0 Å². The first-order chi connectivity index (χ1) is 8.81. The van der Waals surface area contributed by atoms with Crippen molar-refractivity contribution >= 4 is 0 Å². The maximum atomic E-state index is 3.46. The molecule has 2 heteroatoms. The number of nitrogens with one attached hydrogen (secondary N) is 1. The van der Waals surface area contributed by atoms with Crippen molar-refractivity contribution in [2.75, 3.05) is 19.6 Å². The summed E-state index contributed by atoms with van der Waals surface area (Å²) < 4.78 is 0. The monoisotopic (exact) mass is 246 g/mol. The molecule has 18 heavy (non-hydrogen) atoms. The standard InChI is InChI=1S/C16H26N2/c1-3-18(13-15-7-5-4-6-8-15)14(2)16-9-11-17-12-10-16/h4-8,14,16-17H,3,9-13H2,1-2H3. The molecule has 1 N–H and O–H groups in total. The molecule has 0 radical (unpaired) electrons. The Morgan fingerprint density at radius 1 is 1.22 bits per heavy atom. The maximum Gasteiger partial charge on any atom is 0.0236 e. The fourth-order valence-corrected chi connectivity index (χ4v) is 2.99. The number of piperidine rings is 1. The zero-order chi connectivity index (χ0) is 12.8. The summed E-state index contributed by atoms with van der Waals surface area (Å²) in [6, 6.07) is 11.5. The molecule has 2 nitrogen and oxygen atoms in total. The van der Waals surface area contributed by atoms with Crippen molar-refractivity contribution in [3.8, 4) is 0 Å². The van der Waals surface area contributed by atoms with Crippen molar-refractivity contribution in [1.29, 1.82) is 0 Å². The summed E-state index contributed by atoms with van der Waals surface area (Å²) in [6.07, 6.45) is 2.65. The number of hydrogen-bond acceptors (Lipinski definition) is 2. The SMILES string of the molecule is CCN(Cc1ccccc1)C(C)C1CCNCC1. The predicted octanol–water partition coefficient (Wildman–Crippen LogP) is 2.90. The van der Waals surface area contributed by atoms with Crippen LogP contribution in [0.4, 0.5) is 0 Å². The largest absolute Gasteiger partial charge is 0.317 e. The molecule has 1 saturated heterocycles. The lowest BCUT2D eigenvalue weighted by Gasteiger charge is -2.36. The Hall–Kier alpha value is -0.860. The van der Waals surface area contributed by atoms with E-state index in [1.165, 1.54) is 31.5 Å². The van der Waals surface area contributed by atoms with Crippen LogP contribution in [0.1, 0.15) is 32.3 Å². The molecule has 1 heterocycles. The van der Waals surface area contributed by atoms with Crippen molar-refractivity contribution in [3.05, 3.63) is 35.9 Å². The highest BCUT2D eigenvalue weighted by molar-refractivity contribution is 5.14. The Balaban J connectivity index is 1.94. The lowest BCUT2D eigenvalue weighted by atomic mass is 9.90. The molecule has 1 aliphatic heterocycles. The average Bonchev–Trinajstić information content (AvgIpc) is 2.46. The normalized spacial score (nSPS) is 19.1. The van der Waals surface area contributed by atoms with Gasteiger partial charge in [-0.2, -0.15) is 0 Å². The van der Waals surface area contributed by atoms with Gasteiger partial charge in [0.2, 0.25) is 0 Å². The molecule has 1 aliphatic rings. The molecule has 0 saturated carbocycles. The summed E-state index contributed by atoms with van der Waals surface area (Å²) in [5, 5.41) is 3.46. The number of nitrogens with zero attached hydrogens (tertiary/aromatic N) is 1. The Kier molecular flexibility index (Phi) is 5.21. The first-order valence-corrected chi connectivity index (χ1v) is 7.30. The van der Waals surface area contributed by atoms with Crippen molar-refractivity contribution in [1.82, 2.24) is 10.2 Å². The van der Waals surface area contributed by atoms with Crippen molar-refractivity contribution in [3.63, 3.8) is 0 Å². The molecule has 0 spiro atoms. The van der Waals surface area contributed by atoms with Gasteiger partial charge in [-0.3, -0.25) is 4.90 Å². The van der Waals surface area contributed by atoms with Crippen molar-refractivity contribution in [2.24, 2.45) is 5.92 Å². The molecule has 0 aromatic heterocycles. The van der Waals surface area contributed by atoms with Crippen LogP contribution in [0, 0.1) is 5.92 Å². The molecule has 1 atom stereocenters. The van der Waals surface area contributed by atoms with E-state index in [9.17, 15) is 0 Å². The summed E-state index contributed by atoms with van der Waals surface area (Å²) in [5.74, 6) is 0.856. The van der Waals surface area contributed by atoms with Gasteiger partial charge in [-0.1, -0.05) is 37.3 Å². The molecular formula is C16H26N2. The number of benzene rings is 1. The third kappa shape index (κ3) is 3.56. The molecule has 1 unspecified atom stereocenters. The van der Waals surface area contributed by atoms with Crippen LogP contribution in [0.15, 0.2) is 30.3 Å². The molecule has 1 fully saturated rings. The minimum atomic E-state index is 0.692. The smallest absolute Gasteiger partial charge is 0.0236 e. The summed E-state index contributed by atoms with van der Waals surface area (Å²) in [7, 11) is 0. The lowest BCUT2D eigenvalue weighted by molar-refractivity contribution is 0.133. The quantitative estimate of drug-likeness (QED) is 0.859. The fraction of sp³-hybridized carbons (Fsp3) is 0.625. The van der Waals surface area contributed by atoms with E-state index in [0.717, 1.165) is 19.0 Å². The van der Waals surface area contributed by atoms with Crippen LogP contribution in [0.2, 0.25) is 0 Å². The van der Waals surface area contributed by atoms with Gasteiger partial charge in [-0.05, 0) is 50.9 Å². The minimum absolute atomic E-state index is 0.692. The van der Waals surface area contributed by atoms with E-state index >= 15 is 0 Å². The van der Waals surface area contributed by atoms with Crippen LogP contribution in [-0.2, 0) is 6.54 Å². The molecule has 1 aromatic carbocycles. The highest BCUT2D eigenvalue weighted by Crippen LogP contribution is 2.22. The lowest BCUT2D eigenvalue weighted by Crippen LogP contribution is -2.42. The van der Waals surface area contributed by atoms with Crippen LogP contribution in [0.3, 0.4) is 0 Å². The fourth-order valence-electron chi connectivity index (χ4n) is 2.99. The second-order valence-electron chi connectivity index (χ2n) is 5.38. The van der Waals surface area contributed by atoms with Gasteiger partial charge in [0, 0.05) is 12.6 Å². The van der Waals surface area contributed by atoms with E-state index in [1.807, 2.05) is 0 Å². The van der Waals surface area contributed by atoms with Crippen molar-refractivity contribution < 1.29 is 0 Å². The van der Waals surface area contributed by atoms with E-state index in [2.05, 4.69) is 54.4 Å². The summed E-state index contributed by atoms with van der Waals surface area (Å²) in [4.78, 5) is 2.62. The maximum absolute atomic E-state index is 3.46. The van der Waals surface area contributed by atoms with E-state index in [0.29, 0.717) is 6.04 Å². The van der Waals surface area contributed by atoms with E-state index in [-0.39, 0.29) is 0 Å². The summed E-state index contributed by atoms with van der Waals surface area (Å²) >= 11 is 0. The van der Waals surface area contributed by atoms with Gasteiger partial charge in [-0.25, -0.2) is 0 Å². The van der Waals surface area contributed by atoms with Gasteiger partial charge in [0.15, 0.2) is 0 Å². The van der Waals surface area contributed by atoms with Gasteiger partial charge in [0.1, 0.15) is 0 Å². The molecule has 0 bridgehead atoms. The van der Waals surface area contributed by atoms with Gasteiger partial charge in [0.05, 0.1) is 0 Å². The first kappa shape index (κ1) is 13.6. The van der Waals surface area contributed by atoms with Gasteiger partial charge < -0.3 is 5.32 Å². The summed E-state index contributed by atoms with van der Waals surface area (Å²) in [6.45, 7) is 9.29. The second kappa shape index (κ2) is 6.91. The zero-order valence-corrected chi connectivity index (χ0v) is 11.7. The third-order valence-corrected chi connectivity index (χ3v) is 4.28. The Bertz CT molecular complexity index is 330. The van der Waals surface area contributed by atoms with Crippen LogP contribution in [0.25, 0.3) is 0 Å². The zero-order valence-electron chi connectivity index (χ0n) is 11.7. The molecule has 2 rings (SSSR count).